The summed E-state index contributed by atoms with van der Waals surface area (Å²) in [6.07, 6.45) is 10.7. The normalized spacial score (nSPS) is 15.4. The van der Waals surface area contributed by atoms with Crippen LogP contribution in [0.5, 0.6) is 0 Å². The van der Waals surface area contributed by atoms with E-state index in [1.165, 1.54) is 25.7 Å². The monoisotopic (exact) mass is 338 g/mol. The van der Waals surface area contributed by atoms with Crippen LogP contribution in [0.4, 0.5) is 11.6 Å². The highest BCUT2D eigenvalue weighted by Crippen LogP contribution is 2.20. The Morgan fingerprint density at radius 3 is 2.40 bits per heavy atom. The summed E-state index contributed by atoms with van der Waals surface area (Å²) in [5.41, 5.74) is 3.51. The van der Waals surface area contributed by atoms with E-state index in [1.807, 2.05) is 32.0 Å². The smallest absolute Gasteiger partial charge is 0.258 e. The quantitative estimate of drug-likeness (QED) is 0.807. The highest BCUT2D eigenvalue weighted by Gasteiger charge is 2.14. The maximum Gasteiger partial charge on any atom is 0.258 e. The molecule has 0 bridgehead atoms. The van der Waals surface area contributed by atoms with Gasteiger partial charge in [-0.15, -0.1) is 0 Å². The average molecular weight is 338 g/mol. The fourth-order valence-corrected chi connectivity index (χ4v) is 3.21. The Morgan fingerprint density at radius 2 is 1.72 bits per heavy atom. The van der Waals surface area contributed by atoms with Crippen molar-refractivity contribution in [2.75, 3.05) is 10.6 Å². The van der Waals surface area contributed by atoms with Gasteiger partial charge in [-0.3, -0.25) is 4.79 Å². The van der Waals surface area contributed by atoms with E-state index in [2.05, 4.69) is 20.6 Å². The highest BCUT2D eigenvalue weighted by molar-refractivity contribution is 6.04. The second-order valence-electron chi connectivity index (χ2n) is 6.83. The van der Waals surface area contributed by atoms with Crippen molar-refractivity contribution < 1.29 is 4.79 Å². The van der Waals surface area contributed by atoms with Gasteiger partial charge in [0, 0.05) is 24.1 Å². The number of aromatic nitrogens is 2. The SMILES string of the molecule is Cc1cccc(NC(=O)c2cnc(NC3CCCCCC3)nc2)c1C. The van der Waals surface area contributed by atoms with Crippen molar-refractivity contribution in [3.8, 4) is 0 Å². The molecular formula is C20H26N4O. The Hall–Kier alpha value is -2.43. The molecule has 1 aliphatic rings. The fraction of sp³-hybridized carbons (Fsp3) is 0.450. The molecule has 3 rings (SSSR count). The van der Waals surface area contributed by atoms with Gasteiger partial charge in [-0.25, -0.2) is 9.97 Å². The number of nitrogens with one attached hydrogen (secondary N) is 2. The second-order valence-corrected chi connectivity index (χ2v) is 6.83. The molecule has 2 aromatic rings. The lowest BCUT2D eigenvalue weighted by Gasteiger charge is -2.16. The number of benzene rings is 1. The number of rotatable bonds is 4. The van der Waals surface area contributed by atoms with Gasteiger partial charge in [-0.05, 0) is 43.9 Å². The summed E-state index contributed by atoms with van der Waals surface area (Å²) in [5.74, 6) is 0.421. The molecule has 0 spiro atoms. The number of carbonyl (C=O) groups is 1. The summed E-state index contributed by atoms with van der Waals surface area (Å²) in [5, 5.41) is 6.34. The maximum absolute atomic E-state index is 12.4. The van der Waals surface area contributed by atoms with Gasteiger partial charge < -0.3 is 10.6 Å². The molecule has 5 nitrogen and oxygen atoms in total. The van der Waals surface area contributed by atoms with Gasteiger partial charge in [-0.2, -0.15) is 0 Å². The molecule has 25 heavy (non-hydrogen) atoms. The summed E-state index contributed by atoms with van der Waals surface area (Å²) in [6, 6.07) is 6.32. The van der Waals surface area contributed by atoms with Gasteiger partial charge in [0.05, 0.1) is 5.56 Å². The molecule has 1 aromatic heterocycles. The Kier molecular flexibility index (Phi) is 5.64. The van der Waals surface area contributed by atoms with E-state index in [1.54, 1.807) is 12.4 Å². The van der Waals surface area contributed by atoms with E-state index in [9.17, 15) is 4.79 Å². The fourth-order valence-electron chi connectivity index (χ4n) is 3.21. The molecule has 2 N–H and O–H groups in total. The molecule has 1 amide bonds. The molecule has 132 valence electrons. The molecule has 1 aliphatic carbocycles. The zero-order valence-electron chi connectivity index (χ0n) is 15.0. The third-order valence-electron chi connectivity index (χ3n) is 4.96. The van der Waals surface area contributed by atoms with Crippen LogP contribution in [0.1, 0.15) is 60.0 Å². The number of hydrogen-bond donors (Lipinski definition) is 2. The van der Waals surface area contributed by atoms with Crippen molar-refractivity contribution >= 4 is 17.5 Å². The van der Waals surface area contributed by atoms with Crippen LogP contribution in [-0.2, 0) is 0 Å². The van der Waals surface area contributed by atoms with Gasteiger partial charge in [0.2, 0.25) is 5.95 Å². The van der Waals surface area contributed by atoms with Crippen LogP contribution in [0, 0.1) is 13.8 Å². The summed E-state index contributed by atoms with van der Waals surface area (Å²) in [7, 11) is 0. The first-order chi connectivity index (χ1) is 12.1. The van der Waals surface area contributed by atoms with Crippen molar-refractivity contribution in [3.05, 3.63) is 47.3 Å². The molecule has 1 saturated carbocycles. The first-order valence-corrected chi connectivity index (χ1v) is 9.09. The summed E-state index contributed by atoms with van der Waals surface area (Å²) in [4.78, 5) is 21.1. The Labute approximate surface area is 149 Å². The minimum Gasteiger partial charge on any atom is -0.351 e. The van der Waals surface area contributed by atoms with Crippen LogP contribution >= 0.6 is 0 Å². The Morgan fingerprint density at radius 1 is 1.04 bits per heavy atom. The van der Waals surface area contributed by atoms with Gasteiger partial charge in [0.15, 0.2) is 0 Å². The van der Waals surface area contributed by atoms with E-state index in [-0.39, 0.29) is 5.91 Å². The van der Waals surface area contributed by atoms with Gasteiger partial charge in [0.25, 0.3) is 5.91 Å². The van der Waals surface area contributed by atoms with E-state index in [4.69, 9.17) is 0 Å². The van der Waals surface area contributed by atoms with E-state index in [0.29, 0.717) is 17.6 Å². The molecule has 0 atom stereocenters. The zero-order valence-corrected chi connectivity index (χ0v) is 15.0. The number of hydrogen-bond acceptors (Lipinski definition) is 4. The standard InChI is InChI=1S/C20H26N4O/c1-14-8-7-11-18(15(14)2)24-19(25)16-12-21-20(22-13-16)23-17-9-5-3-4-6-10-17/h7-8,11-13,17H,3-6,9-10H2,1-2H3,(H,24,25)(H,21,22,23). The van der Waals surface area contributed by atoms with Crippen LogP contribution in [0.25, 0.3) is 0 Å². The molecule has 5 heteroatoms. The predicted molar refractivity (Wildman–Crippen MR) is 101 cm³/mol. The molecule has 1 fully saturated rings. The number of aryl methyl sites for hydroxylation is 1. The Bertz CT molecular complexity index is 719. The number of amides is 1. The molecular weight excluding hydrogens is 312 g/mol. The third-order valence-corrected chi connectivity index (χ3v) is 4.96. The highest BCUT2D eigenvalue weighted by atomic mass is 16.1. The minimum absolute atomic E-state index is 0.185. The van der Waals surface area contributed by atoms with E-state index in [0.717, 1.165) is 29.7 Å². The second kappa shape index (κ2) is 8.10. The number of anilines is 2. The minimum atomic E-state index is -0.185. The largest absolute Gasteiger partial charge is 0.351 e. The van der Waals surface area contributed by atoms with Crippen LogP contribution in [0.15, 0.2) is 30.6 Å². The van der Waals surface area contributed by atoms with Crippen molar-refractivity contribution in [1.29, 1.82) is 0 Å². The molecule has 1 aromatic carbocycles. The zero-order chi connectivity index (χ0) is 17.6. The molecule has 0 aliphatic heterocycles. The van der Waals surface area contributed by atoms with Crippen molar-refractivity contribution in [1.82, 2.24) is 9.97 Å². The molecule has 1 heterocycles. The van der Waals surface area contributed by atoms with Crippen LogP contribution < -0.4 is 10.6 Å². The van der Waals surface area contributed by atoms with Crippen LogP contribution in [0.2, 0.25) is 0 Å². The first kappa shape index (κ1) is 17.4. The predicted octanol–water partition coefficient (Wildman–Crippen LogP) is 4.48. The summed E-state index contributed by atoms with van der Waals surface area (Å²) < 4.78 is 0. The van der Waals surface area contributed by atoms with E-state index < -0.39 is 0 Å². The van der Waals surface area contributed by atoms with E-state index >= 15 is 0 Å². The topological polar surface area (TPSA) is 66.9 Å². The lowest BCUT2D eigenvalue weighted by Crippen LogP contribution is -2.20. The Balaban J connectivity index is 1.63. The lowest BCUT2D eigenvalue weighted by molar-refractivity contribution is 0.102. The van der Waals surface area contributed by atoms with Gasteiger partial charge >= 0.3 is 0 Å². The number of carbonyl (C=O) groups excluding carboxylic acids is 1. The van der Waals surface area contributed by atoms with Gasteiger partial charge in [0.1, 0.15) is 0 Å². The van der Waals surface area contributed by atoms with Crippen molar-refractivity contribution in [3.63, 3.8) is 0 Å². The van der Waals surface area contributed by atoms with Gasteiger partial charge in [-0.1, -0.05) is 37.8 Å². The molecule has 0 radical (unpaired) electrons. The maximum atomic E-state index is 12.4. The first-order valence-electron chi connectivity index (χ1n) is 9.09. The molecule has 0 saturated heterocycles. The summed E-state index contributed by atoms with van der Waals surface area (Å²) in [6.45, 7) is 4.03. The lowest BCUT2D eigenvalue weighted by atomic mass is 10.1. The van der Waals surface area contributed by atoms with Crippen molar-refractivity contribution in [2.45, 2.75) is 58.4 Å². The third kappa shape index (κ3) is 4.56. The van der Waals surface area contributed by atoms with Crippen LogP contribution in [-0.4, -0.2) is 21.9 Å². The molecule has 0 unspecified atom stereocenters. The number of nitrogens with zero attached hydrogens (tertiary/aromatic N) is 2. The average Bonchev–Trinajstić information content (AvgIpc) is 2.88. The summed E-state index contributed by atoms with van der Waals surface area (Å²) >= 11 is 0. The van der Waals surface area contributed by atoms with Crippen molar-refractivity contribution in [2.24, 2.45) is 0 Å². The van der Waals surface area contributed by atoms with Crippen LogP contribution in [0.3, 0.4) is 0 Å².